The van der Waals surface area contributed by atoms with Gasteiger partial charge in [-0.2, -0.15) is 4.31 Å². The largest absolute Gasteiger partial charge is 0.360 e. The fourth-order valence-corrected chi connectivity index (χ4v) is 4.77. The first-order valence-electron chi connectivity index (χ1n) is 6.79. The molecule has 2 aromatic rings. The van der Waals surface area contributed by atoms with Crippen molar-refractivity contribution in [1.29, 1.82) is 0 Å². The van der Waals surface area contributed by atoms with Crippen LogP contribution in [0.5, 0.6) is 0 Å². The first-order valence-corrected chi connectivity index (χ1v) is 8.23. The summed E-state index contributed by atoms with van der Waals surface area (Å²) in [5, 5.41) is 7.59. The van der Waals surface area contributed by atoms with Crippen LogP contribution in [0, 0.1) is 20.8 Å². The smallest absolute Gasteiger partial charge is 0.249 e. The van der Waals surface area contributed by atoms with E-state index in [1.54, 1.807) is 19.9 Å². The monoisotopic (exact) mass is 311 g/mol. The maximum Gasteiger partial charge on any atom is 0.249 e. The van der Waals surface area contributed by atoms with Crippen molar-refractivity contribution >= 4 is 10.0 Å². The summed E-state index contributed by atoms with van der Waals surface area (Å²) in [7, 11) is -3.66. The molecule has 1 fully saturated rings. The summed E-state index contributed by atoms with van der Waals surface area (Å²) in [6.45, 7) is 5.51. The van der Waals surface area contributed by atoms with Gasteiger partial charge in [0.15, 0.2) is 11.5 Å². The van der Waals surface area contributed by atoms with Gasteiger partial charge in [-0.25, -0.2) is 8.42 Å². The van der Waals surface area contributed by atoms with Gasteiger partial charge in [0.1, 0.15) is 10.6 Å². The number of hydrogen-bond donors (Lipinski definition) is 0. The summed E-state index contributed by atoms with van der Waals surface area (Å²) in [5.41, 5.74) is 1.12. The van der Waals surface area contributed by atoms with Crippen LogP contribution in [0.3, 0.4) is 0 Å². The van der Waals surface area contributed by atoms with Gasteiger partial charge in [-0.1, -0.05) is 10.3 Å². The van der Waals surface area contributed by atoms with Crippen LogP contribution in [0.25, 0.3) is 0 Å². The van der Waals surface area contributed by atoms with Gasteiger partial charge in [-0.15, -0.1) is 0 Å². The van der Waals surface area contributed by atoms with Gasteiger partial charge in [0.25, 0.3) is 0 Å². The Morgan fingerprint density at radius 3 is 2.57 bits per heavy atom. The zero-order valence-electron chi connectivity index (χ0n) is 12.2. The lowest BCUT2D eigenvalue weighted by Crippen LogP contribution is -2.31. The van der Waals surface area contributed by atoms with E-state index in [2.05, 4.69) is 10.3 Å². The van der Waals surface area contributed by atoms with Crippen molar-refractivity contribution in [3.63, 3.8) is 0 Å². The highest BCUT2D eigenvalue weighted by molar-refractivity contribution is 7.89. The Hall–Kier alpha value is -1.67. The highest BCUT2D eigenvalue weighted by atomic mass is 32.2. The number of nitrogens with zero attached hydrogens (tertiary/aromatic N) is 3. The van der Waals surface area contributed by atoms with Crippen LogP contribution < -0.4 is 0 Å². The summed E-state index contributed by atoms with van der Waals surface area (Å²) >= 11 is 0. The lowest BCUT2D eigenvalue weighted by Gasteiger charge is -2.21. The first-order chi connectivity index (χ1) is 9.91. The Morgan fingerprint density at radius 1 is 1.24 bits per heavy atom. The molecule has 8 heteroatoms. The molecule has 7 nitrogen and oxygen atoms in total. The van der Waals surface area contributed by atoms with Gasteiger partial charge in [0.2, 0.25) is 10.0 Å². The second-order valence-electron chi connectivity index (χ2n) is 5.30. The second-order valence-corrected chi connectivity index (χ2v) is 7.13. The van der Waals surface area contributed by atoms with Crippen LogP contribution in [0.2, 0.25) is 0 Å². The Morgan fingerprint density at radius 2 is 2.00 bits per heavy atom. The molecule has 21 heavy (non-hydrogen) atoms. The Bertz CT molecular complexity index is 743. The van der Waals surface area contributed by atoms with Gasteiger partial charge >= 0.3 is 0 Å². The van der Waals surface area contributed by atoms with Crippen LogP contribution in [0.4, 0.5) is 0 Å². The van der Waals surface area contributed by atoms with Crippen LogP contribution in [0.1, 0.15) is 41.8 Å². The van der Waals surface area contributed by atoms with E-state index >= 15 is 0 Å². The number of aromatic nitrogens is 2. The summed E-state index contributed by atoms with van der Waals surface area (Å²) in [6, 6.07) is 1.47. The highest BCUT2D eigenvalue weighted by Gasteiger charge is 2.40. The third kappa shape index (κ3) is 2.28. The summed E-state index contributed by atoms with van der Waals surface area (Å²) in [4.78, 5) is 0.158. The molecule has 3 heterocycles. The number of sulfonamides is 1. The molecule has 2 aromatic heterocycles. The lowest BCUT2D eigenvalue weighted by atomic mass is 10.2. The predicted molar refractivity (Wildman–Crippen MR) is 73.1 cm³/mol. The Kier molecular flexibility index (Phi) is 3.37. The minimum Gasteiger partial charge on any atom is -0.360 e. The molecule has 0 saturated carbocycles. The van der Waals surface area contributed by atoms with E-state index in [1.807, 2.05) is 6.92 Å². The molecule has 0 aliphatic carbocycles. The minimum atomic E-state index is -3.66. The van der Waals surface area contributed by atoms with Gasteiger partial charge in [-0.3, -0.25) is 0 Å². The van der Waals surface area contributed by atoms with Crippen molar-refractivity contribution in [2.75, 3.05) is 6.54 Å². The predicted octanol–water partition coefficient (Wildman–Crippen LogP) is 2.11. The van der Waals surface area contributed by atoms with Gasteiger partial charge in [0, 0.05) is 12.6 Å². The van der Waals surface area contributed by atoms with Gasteiger partial charge in [-0.05, 0) is 33.6 Å². The van der Waals surface area contributed by atoms with Crippen molar-refractivity contribution < 1.29 is 17.5 Å². The molecule has 0 amide bonds. The van der Waals surface area contributed by atoms with Crippen molar-refractivity contribution in [2.45, 2.75) is 44.6 Å². The molecule has 0 unspecified atom stereocenters. The molecule has 0 radical (unpaired) electrons. The molecule has 114 valence electrons. The lowest BCUT2D eigenvalue weighted by molar-refractivity contribution is 0.296. The average Bonchev–Trinajstić information content (AvgIpc) is 3.09. The molecule has 1 aliphatic heterocycles. The SMILES string of the molecule is Cc1cc([C@H]2CCCN2S(=O)(=O)c2c(C)noc2C)on1. The molecule has 1 aliphatic rings. The van der Waals surface area contributed by atoms with E-state index in [1.165, 1.54) is 4.31 Å². The third-order valence-corrected chi connectivity index (χ3v) is 5.87. The van der Waals surface area contributed by atoms with Crippen LogP contribution in [-0.4, -0.2) is 29.6 Å². The summed E-state index contributed by atoms with van der Waals surface area (Å²) in [6.07, 6.45) is 1.50. The number of aryl methyl sites for hydroxylation is 3. The number of rotatable bonds is 3. The fraction of sp³-hybridized carbons (Fsp3) is 0.538. The zero-order valence-corrected chi connectivity index (χ0v) is 13.0. The molecule has 1 saturated heterocycles. The maximum absolute atomic E-state index is 12.9. The number of hydrogen-bond acceptors (Lipinski definition) is 6. The van der Waals surface area contributed by atoms with Crippen LogP contribution >= 0.6 is 0 Å². The van der Waals surface area contributed by atoms with E-state index in [9.17, 15) is 8.42 Å². The van der Waals surface area contributed by atoms with Gasteiger partial charge < -0.3 is 9.05 Å². The molecule has 0 N–H and O–H groups in total. The molecular weight excluding hydrogens is 294 g/mol. The Labute approximate surface area is 122 Å². The third-order valence-electron chi connectivity index (χ3n) is 3.71. The summed E-state index contributed by atoms with van der Waals surface area (Å²) < 4.78 is 37.5. The molecule has 3 rings (SSSR count). The molecule has 1 atom stereocenters. The topological polar surface area (TPSA) is 89.4 Å². The molecule has 0 bridgehead atoms. The van der Waals surface area contributed by atoms with Crippen molar-refractivity contribution in [3.05, 3.63) is 29.0 Å². The summed E-state index contributed by atoms with van der Waals surface area (Å²) in [5.74, 6) is 0.896. The Balaban J connectivity index is 2.02. The first kappa shape index (κ1) is 14.3. The van der Waals surface area contributed by atoms with E-state index in [4.69, 9.17) is 9.05 Å². The fourth-order valence-electron chi connectivity index (χ4n) is 2.81. The van der Waals surface area contributed by atoms with Gasteiger partial charge in [0.05, 0.1) is 11.7 Å². The normalized spacial score (nSPS) is 20.2. The molecular formula is C13H17N3O4S. The molecule has 0 aromatic carbocycles. The quantitative estimate of drug-likeness (QED) is 0.862. The van der Waals surface area contributed by atoms with Crippen molar-refractivity contribution in [3.8, 4) is 0 Å². The minimum absolute atomic E-state index is 0.158. The second kappa shape index (κ2) is 4.96. The average molecular weight is 311 g/mol. The van der Waals surface area contributed by atoms with Crippen LogP contribution in [-0.2, 0) is 10.0 Å². The van der Waals surface area contributed by atoms with Crippen molar-refractivity contribution in [2.24, 2.45) is 0 Å². The molecule has 0 spiro atoms. The van der Waals surface area contributed by atoms with Crippen LogP contribution in [0.15, 0.2) is 20.0 Å². The zero-order chi connectivity index (χ0) is 15.2. The standard InChI is InChI=1S/C13H17N3O4S/c1-8-7-12(20-14-8)11-5-4-6-16(11)21(17,18)13-9(2)15-19-10(13)3/h7,11H,4-6H2,1-3H3/t11-/m1/s1. The van der Waals surface area contributed by atoms with E-state index in [-0.39, 0.29) is 10.9 Å². The van der Waals surface area contributed by atoms with E-state index < -0.39 is 10.0 Å². The maximum atomic E-state index is 12.9. The van der Waals surface area contributed by atoms with E-state index in [0.717, 1.165) is 18.5 Å². The van der Waals surface area contributed by atoms with Crippen molar-refractivity contribution in [1.82, 2.24) is 14.6 Å². The highest BCUT2D eigenvalue weighted by Crippen LogP contribution is 2.38. The van der Waals surface area contributed by atoms with E-state index in [0.29, 0.717) is 23.8 Å².